The topological polar surface area (TPSA) is 35.0 Å². The van der Waals surface area contributed by atoms with Crippen LogP contribution in [0.25, 0.3) is 11.4 Å². The molecule has 4 heteroatoms. The van der Waals surface area contributed by atoms with Gasteiger partial charge in [0.2, 0.25) is 0 Å². The van der Waals surface area contributed by atoms with E-state index in [1.54, 1.807) is 0 Å². The average molecular weight is 291 g/mol. The summed E-state index contributed by atoms with van der Waals surface area (Å²) in [6, 6.07) is 9.57. The Kier molecular flexibility index (Phi) is 4.61. The average Bonchev–Trinajstić information content (AvgIpc) is 2.38. The summed E-state index contributed by atoms with van der Waals surface area (Å²) in [4.78, 5) is 8.85. The molecule has 0 saturated carbocycles. The minimum absolute atomic E-state index is 0.163. The molecule has 0 unspecified atom stereocenters. The monoisotopic (exact) mass is 290 g/mol. The molecular weight excluding hydrogens is 272 g/mol. The maximum Gasteiger partial charge on any atom is 0.161 e. The summed E-state index contributed by atoms with van der Waals surface area (Å²) >= 11 is 6.07. The third-order valence-electron chi connectivity index (χ3n) is 2.79. The Balaban J connectivity index is 2.31. The van der Waals surface area contributed by atoms with Crippen molar-refractivity contribution in [3.05, 3.63) is 41.2 Å². The van der Waals surface area contributed by atoms with E-state index < -0.39 is 0 Å². The summed E-state index contributed by atoms with van der Waals surface area (Å²) in [6.45, 7) is 8.18. The fourth-order valence-corrected chi connectivity index (χ4v) is 2.01. The van der Waals surface area contributed by atoms with Gasteiger partial charge in [0.05, 0.1) is 6.10 Å². The predicted octanol–water partition coefficient (Wildman–Crippen LogP) is 4.71. The summed E-state index contributed by atoms with van der Waals surface area (Å²) in [7, 11) is 0. The summed E-state index contributed by atoms with van der Waals surface area (Å²) in [5.41, 5.74) is 1.88. The van der Waals surface area contributed by atoms with Crippen LogP contribution in [0.2, 0.25) is 5.15 Å². The molecule has 1 aromatic heterocycles. The summed E-state index contributed by atoms with van der Waals surface area (Å²) in [6.07, 6.45) is 0.163. The van der Waals surface area contributed by atoms with Crippen LogP contribution in [-0.4, -0.2) is 16.1 Å². The van der Waals surface area contributed by atoms with Crippen molar-refractivity contribution < 1.29 is 4.74 Å². The second-order valence-electron chi connectivity index (χ2n) is 5.28. The lowest BCUT2D eigenvalue weighted by Crippen LogP contribution is -2.05. The maximum absolute atomic E-state index is 6.07. The van der Waals surface area contributed by atoms with Gasteiger partial charge in [-0.1, -0.05) is 25.4 Å². The van der Waals surface area contributed by atoms with Crippen LogP contribution in [-0.2, 0) is 0 Å². The van der Waals surface area contributed by atoms with Crippen LogP contribution in [0.5, 0.6) is 5.75 Å². The lowest BCUT2D eigenvalue weighted by molar-refractivity contribution is 0.242. The molecule has 0 atom stereocenters. The molecule has 106 valence electrons. The molecule has 2 rings (SSSR count). The zero-order valence-corrected chi connectivity index (χ0v) is 13.0. The van der Waals surface area contributed by atoms with Crippen LogP contribution < -0.4 is 4.74 Å². The smallest absolute Gasteiger partial charge is 0.161 e. The SMILES string of the molecule is CC(C)Oc1ccc(-c2nc(Cl)cc(C(C)C)n2)cc1. The van der Waals surface area contributed by atoms with E-state index in [0.717, 1.165) is 17.0 Å². The van der Waals surface area contributed by atoms with Gasteiger partial charge in [0.1, 0.15) is 10.9 Å². The van der Waals surface area contributed by atoms with Gasteiger partial charge in [-0.3, -0.25) is 0 Å². The lowest BCUT2D eigenvalue weighted by Gasteiger charge is -2.11. The van der Waals surface area contributed by atoms with E-state index in [0.29, 0.717) is 16.9 Å². The number of hydrogen-bond donors (Lipinski definition) is 0. The van der Waals surface area contributed by atoms with E-state index in [-0.39, 0.29) is 6.10 Å². The van der Waals surface area contributed by atoms with Gasteiger partial charge < -0.3 is 4.74 Å². The van der Waals surface area contributed by atoms with Crippen molar-refractivity contribution in [1.82, 2.24) is 9.97 Å². The van der Waals surface area contributed by atoms with Crippen molar-refractivity contribution in [2.45, 2.75) is 39.7 Å². The molecule has 0 aliphatic heterocycles. The van der Waals surface area contributed by atoms with E-state index in [1.807, 2.05) is 44.2 Å². The van der Waals surface area contributed by atoms with Crippen molar-refractivity contribution in [3.63, 3.8) is 0 Å². The van der Waals surface area contributed by atoms with Crippen LogP contribution >= 0.6 is 11.6 Å². The van der Waals surface area contributed by atoms with E-state index in [4.69, 9.17) is 16.3 Å². The Morgan fingerprint density at radius 1 is 1.00 bits per heavy atom. The second-order valence-corrected chi connectivity index (χ2v) is 5.67. The predicted molar refractivity (Wildman–Crippen MR) is 82.3 cm³/mol. The molecular formula is C16H19ClN2O. The highest BCUT2D eigenvalue weighted by atomic mass is 35.5. The van der Waals surface area contributed by atoms with Crippen molar-refractivity contribution in [1.29, 1.82) is 0 Å². The molecule has 0 radical (unpaired) electrons. The van der Waals surface area contributed by atoms with Gasteiger partial charge in [0.15, 0.2) is 5.82 Å². The summed E-state index contributed by atoms with van der Waals surface area (Å²) in [5.74, 6) is 1.81. The van der Waals surface area contributed by atoms with E-state index in [1.165, 1.54) is 0 Å². The molecule has 1 heterocycles. The van der Waals surface area contributed by atoms with Gasteiger partial charge in [-0.15, -0.1) is 0 Å². The van der Waals surface area contributed by atoms with Crippen molar-refractivity contribution in [3.8, 4) is 17.1 Å². The summed E-state index contributed by atoms with van der Waals surface area (Å²) in [5, 5.41) is 0.473. The largest absolute Gasteiger partial charge is 0.491 e. The molecule has 3 nitrogen and oxygen atoms in total. The quantitative estimate of drug-likeness (QED) is 0.765. The molecule has 0 fully saturated rings. The Morgan fingerprint density at radius 3 is 2.20 bits per heavy atom. The van der Waals surface area contributed by atoms with Crippen LogP contribution in [0.15, 0.2) is 30.3 Å². The molecule has 0 amide bonds. The van der Waals surface area contributed by atoms with Gasteiger partial charge >= 0.3 is 0 Å². The normalized spacial score (nSPS) is 11.2. The Morgan fingerprint density at radius 2 is 1.65 bits per heavy atom. The zero-order chi connectivity index (χ0) is 14.7. The molecule has 0 bridgehead atoms. The number of benzene rings is 1. The number of hydrogen-bond acceptors (Lipinski definition) is 3. The standard InChI is InChI=1S/C16H19ClN2O/c1-10(2)14-9-15(17)19-16(18-14)12-5-7-13(8-6-12)20-11(3)4/h5-11H,1-4H3. The van der Waals surface area contributed by atoms with Gasteiger partial charge in [-0.2, -0.15) is 0 Å². The van der Waals surface area contributed by atoms with Crippen molar-refractivity contribution >= 4 is 11.6 Å². The first-order valence-electron chi connectivity index (χ1n) is 6.77. The third-order valence-corrected chi connectivity index (χ3v) is 2.98. The highest BCUT2D eigenvalue weighted by Gasteiger charge is 2.09. The zero-order valence-electron chi connectivity index (χ0n) is 12.2. The highest BCUT2D eigenvalue weighted by molar-refractivity contribution is 6.29. The lowest BCUT2D eigenvalue weighted by atomic mass is 10.1. The molecule has 20 heavy (non-hydrogen) atoms. The van der Waals surface area contributed by atoms with Crippen LogP contribution in [0, 0.1) is 0 Å². The summed E-state index contributed by atoms with van der Waals surface area (Å²) < 4.78 is 5.62. The molecule has 0 aliphatic carbocycles. The number of halogens is 1. The number of rotatable bonds is 4. The molecule has 2 aromatic rings. The molecule has 0 saturated heterocycles. The molecule has 1 aromatic carbocycles. The van der Waals surface area contributed by atoms with Crippen LogP contribution in [0.4, 0.5) is 0 Å². The van der Waals surface area contributed by atoms with Gasteiger partial charge in [0.25, 0.3) is 0 Å². The maximum atomic E-state index is 6.07. The Bertz CT molecular complexity index is 580. The van der Waals surface area contributed by atoms with E-state index >= 15 is 0 Å². The van der Waals surface area contributed by atoms with Crippen LogP contribution in [0.3, 0.4) is 0 Å². The Hall–Kier alpha value is -1.61. The van der Waals surface area contributed by atoms with Gasteiger partial charge in [-0.05, 0) is 50.1 Å². The van der Waals surface area contributed by atoms with Gasteiger partial charge in [-0.25, -0.2) is 9.97 Å². The van der Waals surface area contributed by atoms with Gasteiger partial charge in [0, 0.05) is 11.3 Å². The number of nitrogens with zero attached hydrogens (tertiary/aromatic N) is 2. The molecule has 0 aliphatic rings. The molecule has 0 N–H and O–H groups in total. The minimum atomic E-state index is 0.163. The van der Waals surface area contributed by atoms with Crippen molar-refractivity contribution in [2.24, 2.45) is 0 Å². The van der Waals surface area contributed by atoms with Crippen LogP contribution in [0.1, 0.15) is 39.3 Å². The number of ether oxygens (including phenoxy) is 1. The van der Waals surface area contributed by atoms with Crippen molar-refractivity contribution in [2.75, 3.05) is 0 Å². The fourth-order valence-electron chi connectivity index (χ4n) is 1.81. The first kappa shape index (κ1) is 14.8. The third kappa shape index (κ3) is 3.70. The van der Waals surface area contributed by atoms with E-state index in [2.05, 4.69) is 23.8 Å². The second kappa shape index (κ2) is 6.23. The first-order chi connectivity index (χ1) is 9.45. The first-order valence-corrected chi connectivity index (χ1v) is 7.15. The number of aromatic nitrogens is 2. The fraction of sp³-hybridized carbons (Fsp3) is 0.375. The minimum Gasteiger partial charge on any atom is -0.491 e. The molecule has 0 spiro atoms. The Labute approximate surface area is 125 Å². The highest BCUT2D eigenvalue weighted by Crippen LogP contribution is 2.24. The van der Waals surface area contributed by atoms with E-state index in [9.17, 15) is 0 Å².